The topological polar surface area (TPSA) is 35.5 Å². The normalized spacial score (nSPS) is 28.4. The summed E-state index contributed by atoms with van der Waals surface area (Å²) in [7, 11) is 2.14. The summed E-state index contributed by atoms with van der Waals surface area (Å²) in [4.78, 5) is 2.33. The van der Waals surface area contributed by atoms with Crippen molar-refractivity contribution in [3.8, 4) is 0 Å². The van der Waals surface area contributed by atoms with E-state index in [1.54, 1.807) is 0 Å². The van der Waals surface area contributed by atoms with E-state index in [2.05, 4.69) is 38.0 Å². The van der Waals surface area contributed by atoms with Gasteiger partial charge in [-0.2, -0.15) is 0 Å². The standard InChI is InChI=1S/C14H30N2O/c1-11(17)10-16(5)13-9-7-6-8-12(13)15-14(2,3)4/h11-13,15,17H,6-10H2,1-5H3/t11?,12-,13-/m0/s1. The zero-order valence-corrected chi connectivity index (χ0v) is 12.2. The minimum Gasteiger partial charge on any atom is -0.392 e. The average molecular weight is 242 g/mol. The van der Waals surface area contributed by atoms with Gasteiger partial charge in [-0.05, 0) is 47.6 Å². The van der Waals surface area contributed by atoms with E-state index in [9.17, 15) is 5.11 Å². The van der Waals surface area contributed by atoms with Crippen LogP contribution in [-0.4, -0.2) is 47.3 Å². The first-order chi connectivity index (χ1) is 7.79. The molecular weight excluding hydrogens is 212 g/mol. The second kappa shape index (κ2) is 6.17. The highest BCUT2D eigenvalue weighted by Crippen LogP contribution is 2.24. The maximum Gasteiger partial charge on any atom is 0.0639 e. The molecule has 2 N–H and O–H groups in total. The number of rotatable bonds is 4. The molecule has 0 aromatic carbocycles. The molecule has 1 aliphatic rings. The first-order valence-electron chi connectivity index (χ1n) is 6.95. The van der Waals surface area contributed by atoms with Crippen molar-refractivity contribution in [3.63, 3.8) is 0 Å². The van der Waals surface area contributed by atoms with Crippen LogP contribution in [0.4, 0.5) is 0 Å². The third-order valence-electron chi connectivity index (χ3n) is 3.47. The van der Waals surface area contributed by atoms with Gasteiger partial charge in [-0.15, -0.1) is 0 Å². The molecular formula is C14H30N2O. The second-order valence-corrected chi connectivity index (χ2v) is 6.64. The first-order valence-corrected chi connectivity index (χ1v) is 6.95. The Labute approximate surface area is 107 Å². The molecule has 0 spiro atoms. The smallest absolute Gasteiger partial charge is 0.0639 e. The Kier molecular flexibility index (Phi) is 5.42. The monoisotopic (exact) mass is 242 g/mol. The van der Waals surface area contributed by atoms with Gasteiger partial charge in [-0.3, -0.25) is 4.90 Å². The van der Waals surface area contributed by atoms with Gasteiger partial charge in [0.05, 0.1) is 6.10 Å². The molecule has 0 saturated heterocycles. The van der Waals surface area contributed by atoms with Crippen molar-refractivity contribution in [2.75, 3.05) is 13.6 Å². The van der Waals surface area contributed by atoms with Gasteiger partial charge >= 0.3 is 0 Å². The molecule has 3 nitrogen and oxygen atoms in total. The molecule has 1 fully saturated rings. The molecule has 102 valence electrons. The van der Waals surface area contributed by atoms with Crippen LogP contribution in [0.5, 0.6) is 0 Å². The van der Waals surface area contributed by atoms with Crippen molar-refractivity contribution in [2.24, 2.45) is 0 Å². The number of nitrogens with zero attached hydrogens (tertiary/aromatic N) is 1. The molecule has 0 heterocycles. The van der Waals surface area contributed by atoms with Crippen LogP contribution in [0.25, 0.3) is 0 Å². The molecule has 0 aromatic heterocycles. The lowest BCUT2D eigenvalue weighted by Crippen LogP contribution is -2.56. The fraction of sp³-hybridized carbons (Fsp3) is 1.00. The minimum atomic E-state index is -0.239. The van der Waals surface area contributed by atoms with E-state index < -0.39 is 0 Å². The summed E-state index contributed by atoms with van der Waals surface area (Å²) in [5, 5.41) is 13.2. The number of nitrogens with one attached hydrogen (secondary N) is 1. The molecule has 0 aliphatic heterocycles. The van der Waals surface area contributed by atoms with Gasteiger partial charge in [0.15, 0.2) is 0 Å². The highest BCUT2D eigenvalue weighted by atomic mass is 16.3. The van der Waals surface area contributed by atoms with Gasteiger partial charge in [-0.1, -0.05) is 12.8 Å². The Morgan fingerprint density at radius 2 is 1.88 bits per heavy atom. The van der Waals surface area contributed by atoms with Gasteiger partial charge in [0.2, 0.25) is 0 Å². The van der Waals surface area contributed by atoms with E-state index in [-0.39, 0.29) is 11.6 Å². The molecule has 0 amide bonds. The van der Waals surface area contributed by atoms with Crippen molar-refractivity contribution in [2.45, 2.75) is 77.1 Å². The Hall–Kier alpha value is -0.120. The van der Waals surface area contributed by atoms with Crippen LogP contribution < -0.4 is 5.32 Å². The highest BCUT2D eigenvalue weighted by Gasteiger charge is 2.30. The molecule has 3 heteroatoms. The quantitative estimate of drug-likeness (QED) is 0.791. The molecule has 0 bridgehead atoms. The summed E-state index contributed by atoms with van der Waals surface area (Å²) in [6.07, 6.45) is 4.91. The number of aliphatic hydroxyl groups is 1. The molecule has 1 unspecified atom stereocenters. The number of aliphatic hydroxyl groups excluding tert-OH is 1. The third-order valence-corrected chi connectivity index (χ3v) is 3.47. The zero-order valence-electron chi connectivity index (χ0n) is 12.2. The van der Waals surface area contributed by atoms with Gasteiger partial charge in [0, 0.05) is 24.2 Å². The highest BCUT2D eigenvalue weighted by molar-refractivity contribution is 4.91. The van der Waals surface area contributed by atoms with E-state index >= 15 is 0 Å². The van der Waals surface area contributed by atoms with Gasteiger partial charge in [0.25, 0.3) is 0 Å². The molecule has 0 aromatic rings. The Morgan fingerprint density at radius 1 is 1.29 bits per heavy atom. The average Bonchev–Trinajstić information content (AvgIpc) is 2.14. The summed E-state index contributed by atoms with van der Waals surface area (Å²) in [5.74, 6) is 0. The van der Waals surface area contributed by atoms with Crippen LogP contribution in [0.2, 0.25) is 0 Å². The summed E-state index contributed by atoms with van der Waals surface area (Å²) >= 11 is 0. The lowest BCUT2D eigenvalue weighted by atomic mass is 9.87. The van der Waals surface area contributed by atoms with Crippen molar-refractivity contribution in [1.29, 1.82) is 0 Å². The van der Waals surface area contributed by atoms with Crippen LogP contribution in [-0.2, 0) is 0 Å². The van der Waals surface area contributed by atoms with Crippen LogP contribution in [0.15, 0.2) is 0 Å². The fourth-order valence-corrected chi connectivity index (χ4v) is 2.92. The zero-order chi connectivity index (χ0) is 13.1. The first kappa shape index (κ1) is 14.9. The van der Waals surface area contributed by atoms with Crippen molar-refractivity contribution < 1.29 is 5.11 Å². The van der Waals surface area contributed by atoms with Crippen LogP contribution in [0.1, 0.15) is 53.4 Å². The summed E-state index contributed by atoms with van der Waals surface area (Å²) < 4.78 is 0. The molecule has 1 rings (SSSR count). The predicted molar refractivity (Wildman–Crippen MR) is 73.2 cm³/mol. The largest absolute Gasteiger partial charge is 0.392 e. The molecule has 0 radical (unpaired) electrons. The molecule has 3 atom stereocenters. The minimum absolute atomic E-state index is 0.173. The Balaban J connectivity index is 2.59. The molecule has 1 aliphatic carbocycles. The molecule has 1 saturated carbocycles. The van der Waals surface area contributed by atoms with Crippen molar-refractivity contribution in [3.05, 3.63) is 0 Å². The van der Waals surface area contributed by atoms with E-state index in [1.165, 1.54) is 25.7 Å². The van der Waals surface area contributed by atoms with E-state index in [0.717, 1.165) is 6.54 Å². The van der Waals surface area contributed by atoms with Crippen LogP contribution in [0.3, 0.4) is 0 Å². The second-order valence-electron chi connectivity index (χ2n) is 6.64. The summed E-state index contributed by atoms with van der Waals surface area (Å²) in [6, 6.07) is 1.13. The lowest BCUT2D eigenvalue weighted by Gasteiger charge is -2.42. The van der Waals surface area contributed by atoms with Gasteiger partial charge < -0.3 is 10.4 Å². The fourth-order valence-electron chi connectivity index (χ4n) is 2.92. The Morgan fingerprint density at radius 3 is 2.41 bits per heavy atom. The third kappa shape index (κ3) is 5.36. The maximum atomic E-state index is 9.51. The summed E-state index contributed by atoms with van der Waals surface area (Å²) in [5.41, 5.74) is 0.173. The van der Waals surface area contributed by atoms with E-state index in [1.807, 2.05) is 6.92 Å². The van der Waals surface area contributed by atoms with Gasteiger partial charge in [0.1, 0.15) is 0 Å². The van der Waals surface area contributed by atoms with Crippen LogP contribution >= 0.6 is 0 Å². The van der Waals surface area contributed by atoms with E-state index in [4.69, 9.17) is 0 Å². The lowest BCUT2D eigenvalue weighted by molar-refractivity contribution is 0.0793. The van der Waals surface area contributed by atoms with Gasteiger partial charge in [-0.25, -0.2) is 0 Å². The summed E-state index contributed by atoms with van der Waals surface area (Å²) in [6.45, 7) is 9.33. The number of likely N-dealkylation sites (N-methyl/N-ethyl adjacent to an activating group) is 1. The number of hydrogen-bond donors (Lipinski definition) is 2. The maximum absolute atomic E-state index is 9.51. The van der Waals surface area contributed by atoms with Crippen molar-refractivity contribution >= 4 is 0 Å². The molecule has 17 heavy (non-hydrogen) atoms. The van der Waals surface area contributed by atoms with Crippen molar-refractivity contribution in [1.82, 2.24) is 10.2 Å². The number of hydrogen-bond acceptors (Lipinski definition) is 3. The predicted octanol–water partition coefficient (Wildman–Crippen LogP) is 2.00. The Bertz CT molecular complexity index is 223. The SMILES string of the molecule is CC(O)CN(C)[C@H]1CCCC[C@@H]1NC(C)(C)C. The van der Waals surface area contributed by atoms with Crippen LogP contribution in [0, 0.1) is 0 Å². The van der Waals surface area contributed by atoms with E-state index in [0.29, 0.717) is 12.1 Å².